The van der Waals surface area contributed by atoms with Crippen LogP contribution >= 0.6 is 0 Å². The van der Waals surface area contributed by atoms with Gasteiger partial charge in [-0.25, -0.2) is 9.18 Å². The lowest BCUT2D eigenvalue weighted by atomic mass is 9.95. The number of halogens is 1. The van der Waals surface area contributed by atoms with Crippen molar-refractivity contribution < 1.29 is 18.7 Å². The van der Waals surface area contributed by atoms with Gasteiger partial charge in [0.1, 0.15) is 17.7 Å². The van der Waals surface area contributed by atoms with Gasteiger partial charge in [0.2, 0.25) is 5.91 Å². The van der Waals surface area contributed by atoms with Crippen LogP contribution in [0.4, 0.5) is 14.9 Å². The molecule has 0 radical (unpaired) electrons. The third kappa shape index (κ3) is 4.06. The Morgan fingerprint density at radius 1 is 1.16 bits per heavy atom. The molecule has 25 heavy (non-hydrogen) atoms. The molecule has 0 aromatic heterocycles. The molecule has 130 valence electrons. The fourth-order valence-electron chi connectivity index (χ4n) is 2.79. The van der Waals surface area contributed by atoms with Gasteiger partial charge in [0.25, 0.3) is 0 Å². The number of carbonyl (C=O) groups excluding carboxylic acids is 2. The minimum atomic E-state index is -0.527. The zero-order valence-corrected chi connectivity index (χ0v) is 13.6. The molecule has 3 N–H and O–H groups in total. The molecule has 2 aromatic carbocycles. The van der Waals surface area contributed by atoms with E-state index in [-0.39, 0.29) is 24.1 Å². The molecule has 2 aromatic rings. The number of ether oxygens (including phenoxy) is 1. The Labute approximate surface area is 144 Å². The van der Waals surface area contributed by atoms with Crippen LogP contribution < -0.4 is 20.7 Å². The number of anilines is 1. The van der Waals surface area contributed by atoms with Crippen molar-refractivity contribution in [2.75, 3.05) is 12.4 Å². The Hall–Kier alpha value is -3.09. The van der Waals surface area contributed by atoms with Crippen molar-refractivity contribution in [2.45, 2.75) is 18.5 Å². The molecule has 3 amide bonds. The first-order valence-electron chi connectivity index (χ1n) is 7.81. The summed E-state index contributed by atoms with van der Waals surface area (Å²) in [6.07, 6.45) is -0.241. The largest absolute Gasteiger partial charge is 0.497 e. The van der Waals surface area contributed by atoms with E-state index in [4.69, 9.17) is 4.74 Å². The summed E-state index contributed by atoms with van der Waals surface area (Å²) in [5, 5.41) is 8.11. The van der Waals surface area contributed by atoms with E-state index < -0.39 is 12.2 Å². The maximum absolute atomic E-state index is 12.9. The van der Waals surface area contributed by atoms with Crippen molar-refractivity contribution in [1.82, 2.24) is 10.6 Å². The van der Waals surface area contributed by atoms with Crippen LogP contribution in [0.2, 0.25) is 0 Å². The Kier molecular flexibility index (Phi) is 4.83. The van der Waals surface area contributed by atoms with Crippen LogP contribution in [0.3, 0.4) is 0 Å². The highest BCUT2D eigenvalue weighted by Crippen LogP contribution is 2.28. The van der Waals surface area contributed by atoms with Gasteiger partial charge in [-0.1, -0.05) is 12.1 Å². The summed E-state index contributed by atoms with van der Waals surface area (Å²) in [7, 11) is 1.58. The molecular formula is C18H18FN3O3. The second-order valence-electron chi connectivity index (χ2n) is 5.73. The number of hydrogen-bond donors (Lipinski definition) is 3. The van der Waals surface area contributed by atoms with E-state index >= 15 is 0 Å². The molecule has 0 bridgehead atoms. The van der Waals surface area contributed by atoms with Gasteiger partial charge in [-0.05, 0) is 42.0 Å². The van der Waals surface area contributed by atoms with E-state index in [2.05, 4.69) is 16.0 Å². The first-order chi connectivity index (χ1) is 12.0. The van der Waals surface area contributed by atoms with Gasteiger partial charge in [0, 0.05) is 18.0 Å². The van der Waals surface area contributed by atoms with Gasteiger partial charge in [-0.15, -0.1) is 0 Å². The molecule has 0 unspecified atom stereocenters. The predicted molar refractivity (Wildman–Crippen MR) is 90.8 cm³/mol. The lowest BCUT2D eigenvalue weighted by Crippen LogP contribution is -2.46. The molecular weight excluding hydrogens is 325 g/mol. The number of methoxy groups -OCH3 is 1. The molecule has 1 fully saturated rings. The molecule has 7 heteroatoms. The maximum atomic E-state index is 12.9. The summed E-state index contributed by atoms with van der Waals surface area (Å²) in [5.74, 6) is 0.0263. The monoisotopic (exact) mass is 343 g/mol. The van der Waals surface area contributed by atoms with E-state index in [0.29, 0.717) is 5.69 Å². The second-order valence-corrected chi connectivity index (χ2v) is 5.73. The van der Waals surface area contributed by atoms with E-state index in [0.717, 1.165) is 11.3 Å². The highest BCUT2D eigenvalue weighted by atomic mass is 19.1. The zero-order valence-electron chi connectivity index (χ0n) is 13.6. The molecule has 0 spiro atoms. The van der Waals surface area contributed by atoms with Gasteiger partial charge in [0.15, 0.2) is 0 Å². The minimum absolute atomic E-state index is 0.132. The normalized spacial score (nSPS) is 19.2. The van der Waals surface area contributed by atoms with Crippen LogP contribution in [0.5, 0.6) is 5.75 Å². The SMILES string of the molecule is COc1ccc([C@@H]2CC(=O)N[C@H]2NC(=O)Nc2ccc(F)cc2)cc1. The smallest absolute Gasteiger partial charge is 0.320 e. The third-order valence-corrected chi connectivity index (χ3v) is 4.06. The molecule has 6 nitrogen and oxygen atoms in total. The Morgan fingerprint density at radius 2 is 1.84 bits per heavy atom. The average molecular weight is 343 g/mol. The topological polar surface area (TPSA) is 79.5 Å². The van der Waals surface area contributed by atoms with E-state index in [1.807, 2.05) is 24.3 Å². The fraction of sp³-hybridized carbons (Fsp3) is 0.222. The summed E-state index contributed by atoms with van der Waals surface area (Å²) < 4.78 is 18.0. The molecule has 2 atom stereocenters. The van der Waals surface area contributed by atoms with Gasteiger partial charge in [-0.2, -0.15) is 0 Å². The third-order valence-electron chi connectivity index (χ3n) is 4.06. The van der Waals surface area contributed by atoms with Crippen LogP contribution in [0.1, 0.15) is 17.9 Å². The lowest BCUT2D eigenvalue weighted by Gasteiger charge is -2.21. The molecule has 0 saturated carbocycles. The van der Waals surface area contributed by atoms with Crippen LogP contribution in [0.25, 0.3) is 0 Å². The molecule has 1 aliphatic rings. The van der Waals surface area contributed by atoms with Crippen LogP contribution in [-0.2, 0) is 4.79 Å². The minimum Gasteiger partial charge on any atom is -0.497 e. The highest BCUT2D eigenvalue weighted by Gasteiger charge is 2.34. The van der Waals surface area contributed by atoms with Crippen LogP contribution in [-0.4, -0.2) is 25.2 Å². The first kappa shape index (κ1) is 16.8. The Bertz CT molecular complexity index is 762. The number of carbonyl (C=O) groups is 2. The second kappa shape index (κ2) is 7.21. The van der Waals surface area contributed by atoms with E-state index in [9.17, 15) is 14.0 Å². The number of benzene rings is 2. The first-order valence-corrected chi connectivity index (χ1v) is 7.81. The van der Waals surface area contributed by atoms with Crippen molar-refractivity contribution >= 4 is 17.6 Å². The zero-order chi connectivity index (χ0) is 17.8. The molecule has 3 rings (SSSR count). The van der Waals surface area contributed by atoms with Gasteiger partial charge >= 0.3 is 6.03 Å². The fourth-order valence-corrected chi connectivity index (χ4v) is 2.79. The van der Waals surface area contributed by atoms with E-state index in [1.165, 1.54) is 24.3 Å². The van der Waals surface area contributed by atoms with Gasteiger partial charge < -0.3 is 20.7 Å². The number of hydrogen-bond acceptors (Lipinski definition) is 3. The quantitative estimate of drug-likeness (QED) is 0.798. The average Bonchev–Trinajstić information content (AvgIpc) is 2.97. The molecule has 0 aliphatic carbocycles. The van der Waals surface area contributed by atoms with Gasteiger partial charge in [0.05, 0.1) is 7.11 Å². The summed E-state index contributed by atoms with van der Waals surface area (Å²) >= 11 is 0. The van der Waals surface area contributed by atoms with E-state index in [1.54, 1.807) is 7.11 Å². The van der Waals surface area contributed by atoms with Crippen molar-refractivity contribution in [1.29, 1.82) is 0 Å². The number of urea groups is 1. The van der Waals surface area contributed by atoms with Crippen molar-refractivity contribution in [3.05, 3.63) is 59.9 Å². The maximum Gasteiger partial charge on any atom is 0.320 e. The Balaban J connectivity index is 1.67. The molecule has 1 heterocycles. The number of nitrogens with one attached hydrogen (secondary N) is 3. The van der Waals surface area contributed by atoms with Crippen LogP contribution in [0, 0.1) is 5.82 Å². The predicted octanol–water partition coefficient (Wildman–Crippen LogP) is 2.59. The summed E-state index contributed by atoms with van der Waals surface area (Å²) in [4.78, 5) is 23.9. The summed E-state index contributed by atoms with van der Waals surface area (Å²) in [6.45, 7) is 0. The van der Waals surface area contributed by atoms with Gasteiger partial charge in [-0.3, -0.25) is 4.79 Å². The summed E-state index contributed by atoms with van der Waals surface area (Å²) in [5.41, 5.74) is 1.38. The van der Waals surface area contributed by atoms with Crippen LogP contribution in [0.15, 0.2) is 48.5 Å². The van der Waals surface area contributed by atoms with Crippen molar-refractivity contribution in [2.24, 2.45) is 0 Å². The number of amides is 3. The van der Waals surface area contributed by atoms with Crippen molar-refractivity contribution in [3.8, 4) is 5.75 Å². The molecule has 1 aliphatic heterocycles. The molecule has 1 saturated heterocycles. The Morgan fingerprint density at radius 3 is 2.48 bits per heavy atom. The number of rotatable bonds is 4. The highest BCUT2D eigenvalue weighted by molar-refractivity contribution is 5.90. The summed E-state index contributed by atoms with van der Waals surface area (Å²) in [6, 6.07) is 12.3. The van der Waals surface area contributed by atoms with Crippen molar-refractivity contribution in [3.63, 3.8) is 0 Å². The lowest BCUT2D eigenvalue weighted by molar-refractivity contribution is -0.119. The standard InChI is InChI=1S/C18H18FN3O3/c1-25-14-8-2-11(3-9-14)15-10-16(23)21-17(15)22-18(24)20-13-6-4-12(19)5-7-13/h2-9,15,17H,10H2,1H3,(H,21,23)(H2,20,22,24)/t15-,17-/m0/s1.